The molecule has 0 bridgehead atoms. The van der Waals surface area contributed by atoms with Gasteiger partial charge in [-0.05, 0) is 25.0 Å². The Morgan fingerprint density at radius 3 is 2.32 bits per heavy atom. The predicted molar refractivity (Wildman–Crippen MR) is 72.9 cm³/mol. The summed E-state index contributed by atoms with van der Waals surface area (Å²) in [5.41, 5.74) is 0.369. The highest BCUT2D eigenvalue weighted by molar-refractivity contribution is 6.16. The highest BCUT2D eigenvalue weighted by Crippen LogP contribution is 2.35. The van der Waals surface area contributed by atoms with Gasteiger partial charge in [-0.25, -0.2) is 9.69 Å². The number of amides is 3. The number of rotatable bonds is 1. The molecule has 0 atom stereocenters. The maximum atomic E-state index is 12.3. The maximum absolute atomic E-state index is 12.3. The van der Waals surface area contributed by atoms with E-state index in [4.69, 9.17) is 0 Å². The third kappa shape index (κ3) is 2.23. The topological polar surface area (TPSA) is 49.4 Å². The van der Waals surface area contributed by atoms with Gasteiger partial charge in [0.05, 0.1) is 17.6 Å². The van der Waals surface area contributed by atoms with Gasteiger partial charge in [0.25, 0.3) is 0 Å². The van der Waals surface area contributed by atoms with E-state index in [1.54, 1.807) is 12.1 Å². The number of nitrogens with one attached hydrogen (secondary N) is 1. The average molecular weight is 258 g/mol. The monoisotopic (exact) mass is 258 g/mol. The lowest BCUT2D eigenvalue weighted by molar-refractivity contribution is -0.120. The molecule has 0 radical (unpaired) electrons. The van der Waals surface area contributed by atoms with Crippen molar-refractivity contribution in [2.45, 2.75) is 44.1 Å². The molecule has 4 heteroatoms. The van der Waals surface area contributed by atoms with Crippen LogP contribution in [0.2, 0.25) is 0 Å². The van der Waals surface area contributed by atoms with Crippen molar-refractivity contribution < 1.29 is 9.59 Å². The van der Waals surface area contributed by atoms with Gasteiger partial charge in [0.15, 0.2) is 0 Å². The molecule has 0 unspecified atom stereocenters. The first-order chi connectivity index (χ1) is 9.20. The van der Waals surface area contributed by atoms with Crippen LogP contribution in [0.1, 0.15) is 38.5 Å². The van der Waals surface area contributed by atoms with Crippen LogP contribution in [0, 0.1) is 0 Å². The largest absolute Gasteiger partial charge is 0.331 e. The molecule has 0 aromatic heterocycles. The molecule has 1 aliphatic heterocycles. The number of hydrogen-bond donors (Lipinski definition) is 1. The molecular formula is C15H18N2O2. The van der Waals surface area contributed by atoms with Gasteiger partial charge in [0, 0.05) is 0 Å². The molecule has 2 fully saturated rings. The molecule has 1 spiro atoms. The fourth-order valence-electron chi connectivity index (χ4n) is 3.18. The van der Waals surface area contributed by atoms with Crippen molar-refractivity contribution in [2.24, 2.45) is 0 Å². The second kappa shape index (κ2) is 4.68. The Labute approximate surface area is 112 Å². The molecule has 4 nitrogen and oxygen atoms in total. The number of carbonyl (C=O) groups is 2. The quantitative estimate of drug-likeness (QED) is 0.842. The first-order valence-corrected chi connectivity index (χ1v) is 6.90. The van der Waals surface area contributed by atoms with Crippen molar-refractivity contribution >= 4 is 17.6 Å². The van der Waals surface area contributed by atoms with E-state index in [0.717, 1.165) is 25.7 Å². The molecule has 1 aromatic carbocycles. The van der Waals surface area contributed by atoms with Crippen LogP contribution >= 0.6 is 0 Å². The normalized spacial score (nSPS) is 22.4. The fourth-order valence-corrected chi connectivity index (χ4v) is 3.18. The third-order valence-corrected chi connectivity index (χ3v) is 4.14. The summed E-state index contributed by atoms with van der Waals surface area (Å²) < 4.78 is 0. The second-order valence-electron chi connectivity index (χ2n) is 5.51. The zero-order chi connectivity index (χ0) is 13.3. The summed E-state index contributed by atoms with van der Waals surface area (Å²) in [5.74, 6) is -0.0862. The summed E-state index contributed by atoms with van der Waals surface area (Å²) >= 11 is 0. The SMILES string of the molecule is O=C1CC2(CCCCC2)NC(=O)N1c1ccccc1. The van der Waals surface area contributed by atoms with Gasteiger partial charge in [-0.3, -0.25) is 4.79 Å². The Hall–Kier alpha value is -1.84. The molecule has 19 heavy (non-hydrogen) atoms. The molecule has 100 valence electrons. The Morgan fingerprint density at radius 2 is 1.68 bits per heavy atom. The Balaban J connectivity index is 1.84. The zero-order valence-electron chi connectivity index (χ0n) is 10.9. The van der Waals surface area contributed by atoms with Crippen molar-refractivity contribution in [3.8, 4) is 0 Å². The molecule has 1 aliphatic carbocycles. The number of benzene rings is 1. The van der Waals surface area contributed by atoms with E-state index in [-0.39, 0.29) is 17.5 Å². The van der Waals surface area contributed by atoms with E-state index in [9.17, 15) is 9.59 Å². The standard InChI is InChI=1S/C15H18N2O2/c18-13-11-15(9-5-2-6-10-15)16-14(19)17(13)12-7-3-1-4-8-12/h1,3-4,7-8H,2,5-6,9-11H2,(H,16,19). The lowest BCUT2D eigenvalue weighted by atomic mass is 9.78. The van der Waals surface area contributed by atoms with E-state index >= 15 is 0 Å². The minimum absolute atomic E-state index is 0.0862. The van der Waals surface area contributed by atoms with Gasteiger partial charge in [0.1, 0.15) is 0 Å². The smallest absolute Gasteiger partial charge is 0.329 e. The molecule has 1 saturated heterocycles. The van der Waals surface area contributed by atoms with E-state index in [0.29, 0.717) is 12.1 Å². The minimum Gasteiger partial charge on any atom is -0.331 e. The van der Waals surface area contributed by atoms with Crippen LogP contribution in [0.25, 0.3) is 0 Å². The summed E-state index contributed by atoms with van der Waals surface area (Å²) in [4.78, 5) is 25.9. The summed E-state index contributed by atoms with van der Waals surface area (Å²) in [6.07, 6.45) is 5.67. The molecule has 1 saturated carbocycles. The van der Waals surface area contributed by atoms with Crippen molar-refractivity contribution in [2.75, 3.05) is 4.90 Å². The summed E-state index contributed by atoms with van der Waals surface area (Å²) in [6.45, 7) is 0. The molecule has 3 rings (SSSR count). The number of anilines is 1. The lowest BCUT2D eigenvalue weighted by Gasteiger charge is -2.43. The van der Waals surface area contributed by atoms with Gasteiger partial charge in [-0.1, -0.05) is 37.5 Å². The number of para-hydroxylation sites is 1. The Morgan fingerprint density at radius 1 is 1.00 bits per heavy atom. The number of imide groups is 1. The number of nitrogens with zero attached hydrogens (tertiary/aromatic N) is 1. The van der Waals surface area contributed by atoms with E-state index in [1.807, 2.05) is 18.2 Å². The summed E-state index contributed by atoms with van der Waals surface area (Å²) in [5, 5.41) is 3.08. The highest BCUT2D eigenvalue weighted by atomic mass is 16.2. The first-order valence-electron chi connectivity index (χ1n) is 6.90. The Kier molecular flexibility index (Phi) is 3.01. The maximum Gasteiger partial charge on any atom is 0.329 e. The van der Waals surface area contributed by atoms with Gasteiger partial charge in [-0.2, -0.15) is 0 Å². The predicted octanol–water partition coefficient (Wildman–Crippen LogP) is 2.84. The minimum atomic E-state index is -0.280. The van der Waals surface area contributed by atoms with Crippen LogP contribution < -0.4 is 10.2 Å². The molecule has 1 N–H and O–H groups in total. The van der Waals surface area contributed by atoms with E-state index < -0.39 is 0 Å². The van der Waals surface area contributed by atoms with Crippen LogP contribution in [0.5, 0.6) is 0 Å². The van der Waals surface area contributed by atoms with Crippen molar-refractivity contribution in [1.82, 2.24) is 5.32 Å². The molecule has 1 aromatic rings. The Bertz CT molecular complexity index is 472. The van der Waals surface area contributed by atoms with Crippen LogP contribution in [-0.2, 0) is 4.79 Å². The van der Waals surface area contributed by atoms with Crippen molar-refractivity contribution in [3.05, 3.63) is 30.3 Å². The summed E-state index contributed by atoms with van der Waals surface area (Å²) in [6, 6.07) is 8.84. The first kappa shape index (κ1) is 12.2. The van der Waals surface area contributed by atoms with Gasteiger partial charge >= 0.3 is 6.03 Å². The van der Waals surface area contributed by atoms with Crippen molar-refractivity contribution in [3.63, 3.8) is 0 Å². The fraction of sp³-hybridized carbons (Fsp3) is 0.467. The van der Waals surface area contributed by atoms with Gasteiger partial charge < -0.3 is 5.32 Å². The van der Waals surface area contributed by atoms with Gasteiger partial charge in [-0.15, -0.1) is 0 Å². The molecular weight excluding hydrogens is 240 g/mol. The number of urea groups is 1. The summed E-state index contributed by atoms with van der Waals surface area (Å²) in [7, 11) is 0. The second-order valence-corrected chi connectivity index (χ2v) is 5.51. The van der Waals surface area contributed by atoms with Crippen LogP contribution in [0.3, 0.4) is 0 Å². The van der Waals surface area contributed by atoms with E-state index in [2.05, 4.69) is 5.32 Å². The van der Waals surface area contributed by atoms with Crippen LogP contribution in [0.15, 0.2) is 30.3 Å². The number of carbonyl (C=O) groups excluding carboxylic acids is 2. The van der Waals surface area contributed by atoms with Crippen LogP contribution in [-0.4, -0.2) is 17.5 Å². The van der Waals surface area contributed by atoms with Crippen LogP contribution in [0.4, 0.5) is 10.5 Å². The zero-order valence-corrected chi connectivity index (χ0v) is 10.9. The van der Waals surface area contributed by atoms with Crippen molar-refractivity contribution in [1.29, 1.82) is 0 Å². The average Bonchev–Trinajstić information content (AvgIpc) is 2.40. The third-order valence-electron chi connectivity index (χ3n) is 4.14. The molecule has 3 amide bonds. The molecule has 1 heterocycles. The van der Waals surface area contributed by atoms with Gasteiger partial charge in [0.2, 0.25) is 5.91 Å². The molecule has 2 aliphatic rings. The van der Waals surface area contributed by atoms with E-state index in [1.165, 1.54) is 11.3 Å². The number of hydrogen-bond acceptors (Lipinski definition) is 2. The highest BCUT2D eigenvalue weighted by Gasteiger charge is 2.43. The lowest BCUT2D eigenvalue weighted by Crippen LogP contribution is -2.62.